The number of pyridine rings is 1. The number of aromatic nitrogens is 1. The van der Waals surface area contributed by atoms with Crippen LogP contribution in [0.4, 0.5) is 20.2 Å². The highest BCUT2D eigenvalue weighted by atomic mass is 19.2. The number of hydrogen-bond donors (Lipinski definition) is 1. The van der Waals surface area contributed by atoms with Crippen molar-refractivity contribution >= 4 is 11.4 Å². The minimum absolute atomic E-state index is 0.0125. The summed E-state index contributed by atoms with van der Waals surface area (Å²) < 4.78 is 26.6. The predicted octanol–water partition coefficient (Wildman–Crippen LogP) is 3.50. The molecule has 0 aliphatic heterocycles. The van der Waals surface area contributed by atoms with E-state index in [2.05, 4.69) is 10.3 Å². The zero-order valence-corrected chi connectivity index (χ0v) is 11.5. The van der Waals surface area contributed by atoms with Crippen LogP contribution in [0.5, 0.6) is 0 Å². The molecule has 0 atom stereocenters. The van der Waals surface area contributed by atoms with E-state index < -0.39 is 16.6 Å². The molecule has 1 N–H and O–H groups in total. The standard InChI is InChI=1S/C14H13F2N3O2/c1-8-6-17-12(9(2)14(8)19(20)21)7-18-11-5-3-4-10(15)13(11)16/h3-6,18H,7H2,1-2H3. The Morgan fingerprint density at radius 3 is 2.71 bits per heavy atom. The summed E-state index contributed by atoms with van der Waals surface area (Å²) in [6.07, 6.45) is 1.39. The Bertz CT molecular complexity index is 705. The fraction of sp³-hybridized carbons (Fsp3) is 0.214. The highest BCUT2D eigenvalue weighted by Crippen LogP contribution is 2.25. The van der Waals surface area contributed by atoms with E-state index in [9.17, 15) is 18.9 Å². The Morgan fingerprint density at radius 2 is 2.05 bits per heavy atom. The molecule has 5 nitrogen and oxygen atoms in total. The summed E-state index contributed by atoms with van der Waals surface area (Å²) in [7, 11) is 0. The molecular formula is C14H13F2N3O2. The van der Waals surface area contributed by atoms with Crippen LogP contribution in [0.25, 0.3) is 0 Å². The number of benzene rings is 1. The first-order valence-corrected chi connectivity index (χ1v) is 6.19. The molecule has 0 saturated heterocycles. The molecule has 0 saturated carbocycles. The molecule has 0 unspecified atom stereocenters. The van der Waals surface area contributed by atoms with E-state index in [-0.39, 0.29) is 17.9 Å². The maximum Gasteiger partial charge on any atom is 0.278 e. The maximum absolute atomic E-state index is 13.5. The smallest absolute Gasteiger partial charge is 0.278 e. The minimum Gasteiger partial charge on any atom is -0.377 e. The first kappa shape index (κ1) is 14.8. The SMILES string of the molecule is Cc1cnc(CNc2cccc(F)c2F)c(C)c1[N+](=O)[O-]. The monoisotopic (exact) mass is 293 g/mol. The first-order valence-electron chi connectivity index (χ1n) is 6.19. The molecule has 0 amide bonds. The first-order chi connectivity index (χ1) is 9.91. The van der Waals surface area contributed by atoms with Gasteiger partial charge in [-0.1, -0.05) is 6.07 Å². The normalized spacial score (nSPS) is 10.5. The number of nitrogens with one attached hydrogen (secondary N) is 1. The Balaban J connectivity index is 2.27. The fourth-order valence-corrected chi connectivity index (χ4v) is 2.04. The summed E-state index contributed by atoms with van der Waals surface area (Å²) in [5, 5.41) is 13.7. The van der Waals surface area contributed by atoms with Gasteiger partial charge in [0.1, 0.15) is 0 Å². The number of anilines is 1. The topological polar surface area (TPSA) is 68.1 Å². The van der Waals surface area contributed by atoms with E-state index in [0.29, 0.717) is 16.8 Å². The summed E-state index contributed by atoms with van der Waals surface area (Å²) in [5.74, 6) is -1.95. The number of nitro groups is 1. The zero-order valence-electron chi connectivity index (χ0n) is 11.5. The highest BCUT2D eigenvalue weighted by Gasteiger charge is 2.18. The fourth-order valence-electron chi connectivity index (χ4n) is 2.04. The third-order valence-corrected chi connectivity index (χ3v) is 3.16. The largest absolute Gasteiger partial charge is 0.377 e. The van der Waals surface area contributed by atoms with Crippen LogP contribution in [0.2, 0.25) is 0 Å². The summed E-state index contributed by atoms with van der Waals surface area (Å²) in [4.78, 5) is 14.6. The van der Waals surface area contributed by atoms with Gasteiger partial charge in [0.05, 0.1) is 28.4 Å². The molecule has 0 aliphatic rings. The van der Waals surface area contributed by atoms with Gasteiger partial charge in [0.15, 0.2) is 11.6 Å². The van der Waals surface area contributed by atoms with Gasteiger partial charge in [0.25, 0.3) is 5.69 Å². The van der Waals surface area contributed by atoms with Crippen LogP contribution >= 0.6 is 0 Å². The molecule has 0 radical (unpaired) electrons. The number of hydrogen-bond acceptors (Lipinski definition) is 4. The van der Waals surface area contributed by atoms with Gasteiger partial charge in [0, 0.05) is 11.8 Å². The molecule has 1 aromatic carbocycles. The summed E-state index contributed by atoms with van der Waals surface area (Å²) in [6.45, 7) is 3.24. The van der Waals surface area contributed by atoms with Crippen LogP contribution in [-0.2, 0) is 6.54 Å². The second kappa shape index (κ2) is 5.82. The predicted molar refractivity (Wildman–Crippen MR) is 74.1 cm³/mol. The van der Waals surface area contributed by atoms with Crippen molar-refractivity contribution in [2.75, 3.05) is 5.32 Å². The van der Waals surface area contributed by atoms with Crippen LogP contribution in [0, 0.1) is 35.6 Å². The molecule has 1 heterocycles. The average molecular weight is 293 g/mol. The van der Waals surface area contributed by atoms with Crippen molar-refractivity contribution in [2.45, 2.75) is 20.4 Å². The summed E-state index contributed by atoms with van der Waals surface area (Å²) >= 11 is 0. The van der Waals surface area contributed by atoms with E-state index in [0.717, 1.165) is 6.07 Å². The van der Waals surface area contributed by atoms with Crippen molar-refractivity contribution in [3.8, 4) is 0 Å². The lowest BCUT2D eigenvalue weighted by Crippen LogP contribution is -2.08. The Morgan fingerprint density at radius 1 is 1.33 bits per heavy atom. The molecule has 21 heavy (non-hydrogen) atoms. The van der Waals surface area contributed by atoms with E-state index in [1.54, 1.807) is 13.8 Å². The third-order valence-electron chi connectivity index (χ3n) is 3.16. The molecule has 7 heteroatoms. The van der Waals surface area contributed by atoms with E-state index >= 15 is 0 Å². The number of halogens is 2. The Kier molecular flexibility index (Phi) is 4.11. The van der Waals surface area contributed by atoms with Crippen LogP contribution in [0.1, 0.15) is 16.8 Å². The molecule has 110 valence electrons. The minimum atomic E-state index is -0.989. The van der Waals surface area contributed by atoms with Crippen LogP contribution in [-0.4, -0.2) is 9.91 Å². The van der Waals surface area contributed by atoms with Crippen LogP contribution in [0.15, 0.2) is 24.4 Å². The molecule has 2 rings (SSSR count). The van der Waals surface area contributed by atoms with Crippen LogP contribution < -0.4 is 5.32 Å². The number of nitrogens with zero attached hydrogens (tertiary/aromatic N) is 2. The van der Waals surface area contributed by atoms with Gasteiger partial charge in [-0.05, 0) is 26.0 Å². The van der Waals surface area contributed by atoms with Gasteiger partial charge in [-0.15, -0.1) is 0 Å². The van der Waals surface area contributed by atoms with Gasteiger partial charge in [-0.2, -0.15) is 0 Å². The van der Waals surface area contributed by atoms with Crippen molar-refractivity contribution < 1.29 is 13.7 Å². The molecule has 1 aromatic heterocycles. The van der Waals surface area contributed by atoms with Crippen molar-refractivity contribution in [3.05, 3.63) is 63.0 Å². The number of aryl methyl sites for hydroxylation is 1. The molecule has 2 aromatic rings. The van der Waals surface area contributed by atoms with Gasteiger partial charge in [-0.3, -0.25) is 15.1 Å². The summed E-state index contributed by atoms with van der Waals surface area (Å²) in [5.41, 5.74) is 1.25. The zero-order chi connectivity index (χ0) is 15.6. The number of rotatable bonds is 4. The second-order valence-corrected chi connectivity index (χ2v) is 4.57. The van der Waals surface area contributed by atoms with Gasteiger partial charge in [0.2, 0.25) is 0 Å². The maximum atomic E-state index is 13.5. The van der Waals surface area contributed by atoms with E-state index in [1.807, 2.05) is 0 Å². The lowest BCUT2D eigenvalue weighted by molar-refractivity contribution is -0.386. The van der Waals surface area contributed by atoms with Crippen molar-refractivity contribution in [3.63, 3.8) is 0 Å². The Hall–Kier alpha value is -2.57. The second-order valence-electron chi connectivity index (χ2n) is 4.57. The molecule has 0 aliphatic carbocycles. The lowest BCUT2D eigenvalue weighted by atomic mass is 10.1. The quantitative estimate of drug-likeness (QED) is 0.692. The third kappa shape index (κ3) is 2.96. The summed E-state index contributed by atoms with van der Waals surface area (Å²) in [6, 6.07) is 3.77. The highest BCUT2D eigenvalue weighted by molar-refractivity contribution is 5.50. The Labute approximate surface area is 119 Å². The van der Waals surface area contributed by atoms with Crippen LogP contribution in [0.3, 0.4) is 0 Å². The van der Waals surface area contributed by atoms with Gasteiger partial charge in [-0.25, -0.2) is 8.78 Å². The lowest BCUT2D eigenvalue weighted by Gasteiger charge is -2.10. The van der Waals surface area contributed by atoms with Crippen molar-refractivity contribution in [1.29, 1.82) is 0 Å². The van der Waals surface area contributed by atoms with E-state index in [1.165, 1.54) is 18.3 Å². The molecule has 0 spiro atoms. The molecule has 0 fully saturated rings. The van der Waals surface area contributed by atoms with Gasteiger partial charge >= 0.3 is 0 Å². The van der Waals surface area contributed by atoms with E-state index in [4.69, 9.17) is 0 Å². The van der Waals surface area contributed by atoms with Crippen molar-refractivity contribution in [2.24, 2.45) is 0 Å². The van der Waals surface area contributed by atoms with Crippen molar-refractivity contribution in [1.82, 2.24) is 4.98 Å². The average Bonchev–Trinajstić information content (AvgIpc) is 2.42. The molecule has 0 bridgehead atoms. The van der Waals surface area contributed by atoms with Gasteiger partial charge < -0.3 is 5.32 Å². The molecular weight excluding hydrogens is 280 g/mol.